The van der Waals surface area contributed by atoms with Crippen LogP contribution in [0.4, 0.5) is 19.1 Å². The van der Waals surface area contributed by atoms with E-state index in [1.54, 1.807) is 7.11 Å². The number of aldehydes is 1. The Hall–Kier alpha value is -3.56. The van der Waals surface area contributed by atoms with Crippen LogP contribution in [-0.2, 0) is 15.7 Å². The largest absolute Gasteiger partial charge is 0.417 e. The number of anilines is 1. The van der Waals surface area contributed by atoms with Crippen LogP contribution in [-0.4, -0.2) is 71.0 Å². The van der Waals surface area contributed by atoms with Crippen LogP contribution in [0.15, 0.2) is 24.7 Å². The number of nitrogens with zero attached hydrogens (tertiary/aromatic N) is 5. The Labute approximate surface area is 213 Å². The minimum absolute atomic E-state index is 0.121. The third kappa shape index (κ3) is 7.24. The van der Waals surface area contributed by atoms with Crippen LogP contribution >= 0.6 is 0 Å². The van der Waals surface area contributed by atoms with Gasteiger partial charge in [-0.15, -0.1) is 0 Å². The summed E-state index contributed by atoms with van der Waals surface area (Å²) in [6.07, 6.45) is 2.64. The number of pyridine rings is 1. The second kappa shape index (κ2) is 12.6. The number of alkyl halides is 3. The van der Waals surface area contributed by atoms with Crippen LogP contribution in [0.1, 0.15) is 37.3 Å². The lowest BCUT2D eigenvalue weighted by Crippen LogP contribution is -2.37. The molecule has 0 bridgehead atoms. The molecule has 0 amide bonds. The molecule has 1 fully saturated rings. The molecule has 3 aromatic heterocycles. The molecular weight excluding hydrogens is 487 g/mol. The smallest absolute Gasteiger partial charge is 0.384 e. The average Bonchev–Trinajstić information content (AvgIpc) is 3.31. The molecule has 4 rings (SSSR count). The van der Waals surface area contributed by atoms with Gasteiger partial charge in [0, 0.05) is 42.9 Å². The number of nitriles is 1. The summed E-state index contributed by atoms with van der Waals surface area (Å²) in [5.74, 6) is 0.806. The number of hydrogen-bond acceptors (Lipinski definition) is 8. The van der Waals surface area contributed by atoms with Crippen LogP contribution < -0.4 is 5.32 Å². The molecule has 4 heterocycles. The molecule has 1 saturated heterocycles. The number of hydrogen-bond donors (Lipinski definition) is 2. The molecule has 0 aliphatic carbocycles. The van der Waals surface area contributed by atoms with Crippen LogP contribution in [0, 0.1) is 17.2 Å². The van der Waals surface area contributed by atoms with E-state index in [9.17, 15) is 23.2 Å². The predicted molar refractivity (Wildman–Crippen MR) is 133 cm³/mol. The van der Waals surface area contributed by atoms with E-state index in [4.69, 9.17) is 0 Å². The van der Waals surface area contributed by atoms with E-state index < -0.39 is 11.7 Å². The van der Waals surface area contributed by atoms with Gasteiger partial charge in [0.1, 0.15) is 18.0 Å². The molecule has 1 aliphatic rings. The zero-order chi connectivity index (χ0) is 27.0. The molecule has 1 aliphatic heterocycles. The number of aromatic amines is 1. The highest BCUT2D eigenvalue weighted by Gasteiger charge is 2.32. The first-order chi connectivity index (χ1) is 17.7. The van der Waals surface area contributed by atoms with Crippen molar-refractivity contribution in [3.8, 4) is 17.3 Å². The summed E-state index contributed by atoms with van der Waals surface area (Å²) in [5, 5.41) is 13.1. The van der Waals surface area contributed by atoms with Crippen molar-refractivity contribution >= 4 is 23.3 Å². The van der Waals surface area contributed by atoms with E-state index in [1.807, 2.05) is 6.07 Å². The second-order valence-corrected chi connectivity index (χ2v) is 8.91. The number of fused-ring (bicyclic) bond motifs is 1. The highest BCUT2D eigenvalue weighted by molar-refractivity contribution is 5.94. The van der Waals surface area contributed by atoms with E-state index in [-0.39, 0.29) is 22.7 Å². The Morgan fingerprint density at radius 2 is 2.05 bits per heavy atom. The number of carbonyl (C=O) groups excluding carboxylic acids is 1. The van der Waals surface area contributed by atoms with Crippen LogP contribution in [0.5, 0.6) is 0 Å². The molecule has 9 nitrogen and oxygen atoms in total. The summed E-state index contributed by atoms with van der Waals surface area (Å²) in [6, 6.07) is 3.17. The van der Waals surface area contributed by atoms with Crippen molar-refractivity contribution in [1.82, 2.24) is 24.8 Å². The van der Waals surface area contributed by atoms with Gasteiger partial charge in [-0.2, -0.15) is 18.4 Å². The summed E-state index contributed by atoms with van der Waals surface area (Å²) in [5.41, 5.74) is 0.253. The minimum atomic E-state index is -4.52. The fourth-order valence-electron chi connectivity index (χ4n) is 4.11. The fourth-order valence-corrected chi connectivity index (χ4v) is 4.11. The zero-order valence-corrected chi connectivity index (χ0v) is 21.0. The number of halogens is 3. The number of methoxy groups -OCH3 is 1. The molecule has 0 spiro atoms. The van der Waals surface area contributed by atoms with Crippen molar-refractivity contribution in [2.75, 3.05) is 39.2 Å². The number of piperidine rings is 1. The number of nitrogens with one attached hydrogen (secondary N) is 2. The minimum Gasteiger partial charge on any atom is -0.384 e. The Kier molecular flexibility index (Phi) is 9.54. The monoisotopic (exact) mass is 517 g/mol. The molecular formula is C25H30F3N7O2. The summed E-state index contributed by atoms with van der Waals surface area (Å²) in [7, 11) is 3.67. The lowest BCUT2D eigenvalue weighted by molar-refractivity contribution is -0.137. The number of aromatic nitrogens is 4. The Balaban J connectivity index is 0.000000568. The van der Waals surface area contributed by atoms with E-state index in [1.165, 1.54) is 12.4 Å². The molecule has 3 aromatic rings. The van der Waals surface area contributed by atoms with Gasteiger partial charge in [0.05, 0.1) is 29.6 Å². The topological polar surface area (TPSA) is 120 Å². The Morgan fingerprint density at radius 3 is 2.65 bits per heavy atom. The highest BCUT2D eigenvalue weighted by atomic mass is 19.4. The van der Waals surface area contributed by atoms with Crippen molar-refractivity contribution in [2.45, 2.75) is 38.4 Å². The van der Waals surface area contributed by atoms with Gasteiger partial charge in [-0.05, 0) is 51.9 Å². The molecule has 2 N–H and O–H groups in total. The Bertz CT molecular complexity index is 1230. The first-order valence-electron chi connectivity index (χ1n) is 11.9. The normalized spacial score (nSPS) is 15.5. The fraction of sp³-hybridized carbons (Fsp3) is 0.480. The first kappa shape index (κ1) is 28.0. The lowest BCUT2D eigenvalue weighted by Gasteiger charge is -2.33. The molecule has 0 saturated carbocycles. The number of likely N-dealkylation sites (tertiary alicyclic amines) is 1. The van der Waals surface area contributed by atoms with Gasteiger partial charge in [0.15, 0.2) is 0 Å². The van der Waals surface area contributed by atoms with Crippen molar-refractivity contribution in [1.29, 1.82) is 5.26 Å². The SMILES string of the molecule is CC(Nc1ncc(C#N)c(-c2c[nH]c3ncc(C(F)(F)F)cc23)n1)C1CCN(C)CC1.COCCC=O. The molecule has 12 heteroatoms. The summed E-state index contributed by atoms with van der Waals surface area (Å²) in [6.45, 7) is 4.67. The number of H-pyrrole nitrogens is 1. The molecule has 1 unspecified atom stereocenters. The quantitative estimate of drug-likeness (QED) is 0.352. The number of rotatable bonds is 7. The van der Waals surface area contributed by atoms with Gasteiger partial charge in [0.25, 0.3) is 0 Å². The van der Waals surface area contributed by atoms with Gasteiger partial charge < -0.3 is 24.7 Å². The van der Waals surface area contributed by atoms with E-state index >= 15 is 0 Å². The number of ether oxygens (including phenoxy) is 1. The molecule has 37 heavy (non-hydrogen) atoms. The summed E-state index contributed by atoms with van der Waals surface area (Å²) >= 11 is 0. The van der Waals surface area contributed by atoms with Gasteiger partial charge >= 0.3 is 6.18 Å². The molecule has 0 aromatic carbocycles. The molecule has 0 radical (unpaired) electrons. The molecule has 198 valence electrons. The predicted octanol–water partition coefficient (Wildman–Crippen LogP) is 4.27. The van der Waals surface area contributed by atoms with Gasteiger partial charge in [-0.1, -0.05) is 0 Å². The highest BCUT2D eigenvalue weighted by Crippen LogP contribution is 2.35. The lowest BCUT2D eigenvalue weighted by atomic mass is 9.90. The van der Waals surface area contributed by atoms with Gasteiger partial charge in [0.2, 0.25) is 5.95 Å². The maximum atomic E-state index is 13.2. The van der Waals surface area contributed by atoms with Crippen molar-refractivity contribution in [3.63, 3.8) is 0 Å². The van der Waals surface area contributed by atoms with Crippen molar-refractivity contribution in [3.05, 3.63) is 35.8 Å². The van der Waals surface area contributed by atoms with E-state index in [0.29, 0.717) is 36.1 Å². The van der Waals surface area contributed by atoms with Gasteiger partial charge in [-0.3, -0.25) is 0 Å². The maximum absolute atomic E-state index is 13.2. The van der Waals surface area contributed by atoms with E-state index in [2.05, 4.69) is 48.9 Å². The van der Waals surface area contributed by atoms with Crippen LogP contribution in [0.3, 0.4) is 0 Å². The van der Waals surface area contributed by atoms with E-state index in [0.717, 1.165) is 44.5 Å². The summed E-state index contributed by atoms with van der Waals surface area (Å²) < 4.78 is 44.1. The Morgan fingerprint density at radius 1 is 1.32 bits per heavy atom. The van der Waals surface area contributed by atoms with Gasteiger partial charge in [-0.25, -0.2) is 15.0 Å². The summed E-state index contributed by atoms with van der Waals surface area (Å²) in [4.78, 5) is 27.2. The average molecular weight is 518 g/mol. The standard InChI is InChI=1S/C21H22F3N7.C4H8O2/c1-12(13-3-5-31(2)6-4-13)29-20-28-9-14(8-25)18(30-20)17-11-27-19-16(17)7-15(10-26-19)21(22,23)24;1-6-4-2-3-5/h7,9-13H,3-6H2,1-2H3,(H,26,27)(H,28,29,30);3H,2,4H2,1H3. The maximum Gasteiger partial charge on any atom is 0.417 e. The number of carbonyl (C=O) groups is 1. The third-order valence-electron chi connectivity index (χ3n) is 6.29. The van der Waals surface area contributed by atoms with Crippen LogP contribution in [0.25, 0.3) is 22.3 Å². The second-order valence-electron chi connectivity index (χ2n) is 8.91. The first-order valence-corrected chi connectivity index (χ1v) is 11.9. The zero-order valence-electron chi connectivity index (χ0n) is 21.0. The van der Waals surface area contributed by atoms with Crippen molar-refractivity contribution < 1.29 is 22.7 Å². The molecule has 1 atom stereocenters. The van der Waals surface area contributed by atoms with Crippen molar-refractivity contribution in [2.24, 2.45) is 5.92 Å². The third-order valence-corrected chi connectivity index (χ3v) is 6.29. The van der Waals surface area contributed by atoms with Crippen LogP contribution in [0.2, 0.25) is 0 Å².